The standard InChI is InChI=1S/C12H23N3O4S2/c16-20(17,11-1-2-11)13-5-6-14-7-9-15(10-8-14)21(18,19)12-3-4-12/h11-13H,1-10H2. The van der Waals surface area contributed by atoms with Crippen molar-refractivity contribution in [2.45, 2.75) is 36.2 Å². The summed E-state index contributed by atoms with van der Waals surface area (Å²) in [6.45, 7) is 3.45. The first-order valence-corrected chi connectivity index (χ1v) is 10.6. The van der Waals surface area contributed by atoms with Crippen LogP contribution >= 0.6 is 0 Å². The molecule has 0 aromatic carbocycles. The van der Waals surface area contributed by atoms with Gasteiger partial charge in [-0.3, -0.25) is 4.90 Å². The Bertz CT molecular complexity index is 571. The minimum atomic E-state index is -3.11. The summed E-state index contributed by atoms with van der Waals surface area (Å²) in [5.74, 6) is 0. The van der Waals surface area contributed by atoms with E-state index in [4.69, 9.17) is 0 Å². The third-order valence-electron chi connectivity index (χ3n) is 4.33. The summed E-state index contributed by atoms with van der Waals surface area (Å²) in [5.41, 5.74) is 0. The lowest BCUT2D eigenvalue weighted by molar-refractivity contribution is 0.191. The number of sulfonamides is 2. The van der Waals surface area contributed by atoms with Crippen molar-refractivity contribution in [1.82, 2.24) is 13.9 Å². The molecule has 7 nitrogen and oxygen atoms in total. The molecule has 3 fully saturated rings. The maximum atomic E-state index is 12.1. The molecular formula is C12H23N3O4S2. The average Bonchev–Trinajstić information content (AvgIpc) is 3.31. The van der Waals surface area contributed by atoms with Gasteiger partial charge in [0.2, 0.25) is 20.0 Å². The van der Waals surface area contributed by atoms with Crippen molar-refractivity contribution >= 4 is 20.0 Å². The van der Waals surface area contributed by atoms with Crippen LogP contribution in [0.25, 0.3) is 0 Å². The second-order valence-corrected chi connectivity index (χ2v) is 10.4. The van der Waals surface area contributed by atoms with Crippen LogP contribution in [0, 0.1) is 0 Å². The Morgan fingerprint density at radius 2 is 1.43 bits per heavy atom. The van der Waals surface area contributed by atoms with E-state index >= 15 is 0 Å². The van der Waals surface area contributed by atoms with Gasteiger partial charge in [0.25, 0.3) is 0 Å². The highest BCUT2D eigenvalue weighted by atomic mass is 32.2. The van der Waals surface area contributed by atoms with E-state index in [1.807, 2.05) is 0 Å². The fourth-order valence-electron chi connectivity index (χ4n) is 2.63. The smallest absolute Gasteiger partial charge is 0.217 e. The van der Waals surface area contributed by atoms with Gasteiger partial charge in [0.05, 0.1) is 10.5 Å². The van der Waals surface area contributed by atoms with E-state index in [-0.39, 0.29) is 10.5 Å². The molecule has 122 valence electrons. The number of rotatable bonds is 7. The first-order valence-electron chi connectivity index (χ1n) is 7.59. The summed E-state index contributed by atoms with van der Waals surface area (Å²) in [4.78, 5) is 2.12. The van der Waals surface area contributed by atoms with Crippen molar-refractivity contribution in [2.75, 3.05) is 39.3 Å². The van der Waals surface area contributed by atoms with Crippen LogP contribution in [0.2, 0.25) is 0 Å². The number of hydrogen-bond acceptors (Lipinski definition) is 5. The van der Waals surface area contributed by atoms with E-state index in [1.165, 1.54) is 0 Å². The zero-order valence-corrected chi connectivity index (χ0v) is 13.7. The minimum absolute atomic E-state index is 0.144. The summed E-state index contributed by atoms with van der Waals surface area (Å²) in [5, 5.41) is -0.326. The summed E-state index contributed by atoms with van der Waals surface area (Å²) in [6, 6.07) is 0. The van der Waals surface area contributed by atoms with Gasteiger partial charge in [0.15, 0.2) is 0 Å². The second-order valence-electron chi connectivity index (χ2n) is 6.12. The highest BCUT2D eigenvalue weighted by Gasteiger charge is 2.41. The Kier molecular flexibility index (Phi) is 4.30. The van der Waals surface area contributed by atoms with Gasteiger partial charge in [0.1, 0.15) is 0 Å². The minimum Gasteiger partial charge on any atom is -0.299 e. The molecule has 0 bridgehead atoms. The molecule has 1 aliphatic heterocycles. The zero-order valence-electron chi connectivity index (χ0n) is 12.1. The Labute approximate surface area is 126 Å². The van der Waals surface area contributed by atoms with Crippen LogP contribution in [0.4, 0.5) is 0 Å². The Morgan fingerprint density at radius 3 is 1.95 bits per heavy atom. The SMILES string of the molecule is O=S(=O)(NCCN1CCN(S(=O)(=O)C2CC2)CC1)C1CC1. The fourth-order valence-corrected chi connectivity index (χ4v) is 5.82. The highest BCUT2D eigenvalue weighted by Crippen LogP contribution is 2.31. The summed E-state index contributed by atoms with van der Waals surface area (Å²) in [7, 11) is -6.17. The lowest BCUT2D eigenvalue weighted by Gasteiger charge is -2.34. The van der Waals surface area contributed by atoms with Gasteiger partial charge in [-0.1, -0.05) is 0 Å². The third-order valence-corrected chi connectivity index (χ3v) is 8.69. The monoisotopic (exact) mass is 337 g/mol. The van der Waals surface area contributed by atoms with Crippen molar-refractivity contribution in [3.05, 3.63) is 0 Å². The molecular weight excluding hydrogens is 314 g/mol. The van der Waals surface area contributed by atoms with Crippen molar-refractivity contribution < 1.29 is 16.8 Å². The van der Waals surface area contributed by atoms with Gasteiger partial charge in [-0.05, 0) is 25.7 Å². The Hall–Kier alpha value is -0.220. The molecule has 1 N–H and O–H groups in total. The van der Waals surface area contributed by atoms with Gasteiger partial charge in [0, 0.05) is 39.3 Å². The van der Waals surface area contributed by atoms with E-state index in [1.54, 1.807) is 4.31 Å². The molecule has 0 aromatic heterocycles. The van der Waals surface area contributed by atoms with Gasteiger partial charge < -0.3 is 0 Å². The predicted octanol–water partition coefficient (Wildman–Crippen LogP) is -0.822. The predicted molar refractivity (Wildman–Crippen MR) is 79.9 cm³/mol. The largest absolute Gasteiger partial charge is 0.299 e. The molecule has 9 heteroatoms. The average molecular weight is 337 g/mol. The molecule has 3 rings (SSSR count). The summed E-state index contributed by atoms with van der Waals surface area (Å²) < 4.78 is 51.8. The van der Waals surface area contributed by atoms with Crippen molar-refractivity contribution in [2.24, 2.45) is 0 Å². The molecule has 0 unspecified atom stereocenters. The molecule has 3 aliphatic rings. The quantitative estimate of drug-likeness (QED) is 0.656. The lowest BCUT2D eigenvalue weighted by atomic mass is 10.3. The first-order chi connectivity index (χ1) is 9.89. The van der Waals surface area contributed by atoms with Crippen LogP contribution in [0.5, 0.6) is 0 Å². The molecule has 1 heterocycles. The molecule has 0 amide bonds. The molecule has 0 radical (unpaired) electrons. The summed E-state index contributed by atoms with van der Waals surface area (Å²) >= 11 is 0. The van der Waals surface area contributed by atoms with Crippen molar-refractivity contribution in [3.63, 3.8) is 0 Å². The van der Waals surface area contributed by atoms with E-state index in [9.17, 15) is 16.8 Å². The summed E-state index contributed by atoms with van der Waals surface area (Å²) in [6.07, 6.45) is 3.14. The number of nitrogens with zero attached hydrogens (tertiary/aromatic N) is 2. The van der Waals surface area contributed by atoms with Gasteiger partial charge >= 0.3 is 0 Å². The van der Waals surface area contributed by atoms with Crippen LogP contribution < -0.4 is 4.72 Å². The topological polar surface area (TPSA) is 86.8 Å². The van der Waals surface area contributed by atoms with E-state index in [0.29, 0.717) is 39.3 Å². The molecule has 21 heavy (non-hydrogen) atoms. The molecule has 0 spiro atoms. The molecule has 2 aliphatic carbocycles. The fraction of sp³-hybridized carbons (Fsp3) is 1.00. The first kappa shape index (κ1) is 15.7. The highest BCUT2D eigenvalue weighted by molar-refractivity contribution is 7.90. The van der Waals surface area contributed by atoms with E-state index < -0.39 is 20.0 Å². The Morgan fingerprint density at radius 1 is 0.857 bits per heavy atom. The second kappa shape index (κ2) is 5.77. The maximum Gasteiger partial charge on any atom is 0.217 e. The van der Waals surface area contributed by atoms with E-state index in [0.717, 1.165) is 25.7 Å². The number of hydrogen-bond donors (Lipinski definition) is 1. The van der Waals surface area contributed by atoms with Gasteiger partial charge in [-0.15, -0.1) is 0 Å². The molecule has 1 saturated heterocycles. The van der Waals surface area contributed by atoms with Crippen molar-refractivity contribution in [1.29, 1.82) is 0 Å². The number of nitrogens with one attached hydrogen (secondary N) is 1. The third kappa shape index (κ3) is 3.76. The van der Waals surface area contributed by atoms with Crippen LogP contribution in [-0.2, 0) is 20.0 Å². The van der Waals surface area contributed by atoms with Crippen LogP contribution in [0.3, 0.4) is 0 Å². The zero-order chi connectivity index (χ0) is 15.1. The van der Waals surface area contributed by atoms with Crippen LogP contribution in [-0.4, -0.2) is 75.8 Å². The molecule has 0 aromatic rings. The van der Waals surface area contributed by atoms with Crippen LogP contribution in [0.1, 0.15) is 25.7 Å². The van der Waals surface area contributed by atoms with Crippen LogP contribution in [0.15, 0.2) is 0 Å². The molecule has 0 atom stereocenters. The normalized spacial score (nSPS) is 26.1. The number of piperazine rings is 1. The Balaban J connectivity index is 1.40. The van der Waals surface area contributed by atoms with E-state index in [2.05, 4.69) is 9.62 Å². The van der Waals surface area contributed by atoms with Gasteiger partial charge in [-0.2, -0.15) is 4.31 Å². The lowest BCUT2D eigenvalue weighted by Crippen LogP contribution is -2.51. The van der Waals surface area contributed by atoms with Crippen molar-refractivity contribution in [3.8, 4) is 0 Å². The van der Waals surface area contributed by atoms with Gasteiger partial charge in [-0.25, -0.2) is 21.6 Å². The molecule has 2 saturated carbocycles. The maximum absolute atomic E-state index is 12.1.